The second-order valence-electron chi connectivity index (χ2n) is 2.65. The minimum atomic E-state index is 0.151. The first-order valence-corrected chi connectivity index (χ1v) is 3.84. The molecule has 3 nitrogen and oxygen atoms in total. The Hall–Kier alpha value is -0.120. The molecule has 0 amide bonds. The van der Waals surface area contributed by atoms with Gasteiger partial charge in [-0.3, -0.25) is 0 Å². The maximum absolute atomic E-state index is 5.39. The van der Waals surface area contributed by atoms with Gasteiger partial charge in [0.2, 0.25) is 0 Å². The third-order valence-electron chi connectivity index (χ3n) is 1.42. The molecule has 0 spiro atoms. The summed E-state index contributed by atoms with van der Waals surface area (Å²) in [4.78, 5) is 0. The fraction of sp³-hybridized carbons (Fsp3) is 1.00. The van der Waals surface area contributed by atoms with E-state index >= 15 is 0 Å². The molecule has 0 aliphatic carbocycles. The highest BCUT2D eigenvalue weighted by molar-refractivity contribution is 4.50. The summed E-state index contributed by atoms with van der Waals surface area (Å²) in [5.41, 5.74) is 0. The quantitative estimate of drug-likeness (QED) is 0.584. The molecule has 0 aromatic rings. The van der Waals surface area contributed by atoms with Crippen LogP contribution in [0.5, 0.6) is 0 Å². The minimum absolute atomic E-state index is 0.151. The molecule has 3 heteroatoms. The van der Waals surface area contributed by atoms with Crippen molar-refractivity contribution in [2.24, 2.45) is 0 Å². The molecule has 0 unspecified atom stereocenters. The van der Waals surface area contributed by atoms with Gasteiger partial charge in [-0.05, 0) is 13.8 Å². The number of rotatable bonds is 6. The molecular weight excluding hydrogens is 144 g/mol. The third kappa shape index (κ3) is 6.28. The van der Waals surface area contributed by atoms with Gasteiger partial charge in [0.25, 0.3) is 0 Å². The van der Waals surface area contributed by atoms with Crippen LogP contribution in [0, 0.1) is 0 Å². The zero-order valence-corrected chi connectivity index (χ0v) is 7.79. The molecule has 0 heterocycles. The molecule has 0 saturated heterocycles. The van der Waals surface area contributed by atoms with Gasteiger partial charge in [-0.1, -0.05) is 0 Å². The first-order valence-electron chi connectivity index (χ1n) is 3.84. The lowest BCUT2D eigenvalue weighted by Crippen LogP contribution is -2.21. The van der Waals surface area contributed by atoms with E-state index in [1.165, 1.54) is 0 Å². The minimum Gasteiger partial charge on any atom is -0.382 e. The molecule has 0 aromatic heterocycles. The van der Waals surface area contributed by atoms with Crippen LogP contribution in [-0.2, 0) is 14.2 Å². The second kappa shape index (κ2) is 6.58. The molecule has 0 N–H and O–H groups in total. The summed E-state index contributed by atoms with van der Waals surface area (Å²) in [6, 6.07) is 0. The number of methoxy groups -OCH3 is 2. The summed E-state index contributed by atoms with van der Waals surface area (Å²) in [6.07, 6.45) is 0.312. The molecule has 0 fully saturated rings. The fourth-order valence-corrected chi connectivity index (χ4v) is 0.651. The molecule has 0 aliphatic rings. The van der Waals surface area contributed by atoms with Gasteiger partial charge in [-0.2, -0.15) is 0 Å². The van der Waals surface area contributed by atoms with E-state index in [9.17, 15) is 0 Å². The van der Waals surface area contributed by atoms with E-state index in [4.69, 9.17) is 14.2 Å². The average molecular weight is 162 g/mol. The molecule has 0 bridgehead atoms. The van der Waals surface area contributed by atoms with Crippen molar-refractivity contribution in [3.05, 3.63) is 0 Å². The van der Waals surface area contributed by atoms with Crippen LogP contribution in [0.15, 0.2) is 0 Å². The lowest BCUT2D eigenvalue weighted by molar-refractivity contribution is -0.0386. The van der Waals surface area contributed by atoms with Gasteiger partial charge in [0.15, 0.2) is 0 Å². The highest BCUT2D eigenvalue weighted by Gasteiger charge is 2.04. The van der Waals surface area contributed by atoms with Gasteiger partial charge in [-0.25, -0.2) is 0 Å². The van der Waals surface area contributed by atoms with Crippen LogP contribution in [0.4, 0.5) is 0 Å². The first kappa shape index (κ1) is 10.9. The van der Waals surface area contributed by atoms with E-state index in [-0.39, 0.29) is 12.2 Å². The highest BCUT2D eigenvalue weighted by Crippen LogP contribution is 1.95. The van der Waals surface area contributed by atoms with Crippen LogP contribution in [0.25, 0.3) is 0 Å². The molecule has 2 atom stereocenters. The molecule has 0 rings (SSSR count). The molecule has 0 aliphatic heterocycles. The lowest BCUT2D eigenvalue weighted by Gasteiger charge is -2.14. The van der Waals surface area contributed by atoms with E-state index in [0.29, 0.717) is 13.2 Å². The molecule has 0 saturated carbocycles. The van der Waals surface area contributed by atoms with Crippen LogP contribution in [0.1, 0.15) is 13.8 Å². The third-order valence-corrected chi connectivity index (χ3v) is 1.42. The Balaban J connectivity index is 3.22. The SMILES string of the molecule is COC[C@H](C)OC[C@H](C)OC. The molecule has 11 heavy (non-hydrogen) atoms. The lowest BCUT2D eigenvalue weighted by atomic mass is 10.4. The zero-order valence-electron chi connectivity index (χ0n) is 7.79. The van der Waals surface area contributed by atoms with Gasteiger partial charge in [0, 0.05) is 14.2 Å². The maximum Gasteiger partial charge on any atom is 0.0781 e. The normalized spacial score (nSPS) is 16.4. The predicted molar refractivity (Wildman–Crippen MR) is 43.8 cm³/mol. The Morgan fingerprint density at radius 2 is 1.64 bits per heavy atom. The monoisotopic (exact) mass is 162 g/mol. The van der Waals surface area contributed by atoms with E-state index < -0.39 is 0 Å². The largest absolute Gasteiger partial charge is 0.382 e. The van der Waals surface area contributed by atoms with Crippen LogP contribution in [0.2, 0.25) is 0 Å². The Morgan fingerprint density at radius 1 is 1.00 bits per heavy atom. The predicted octanol–water partition coefficient (Wildman–Crippen LogP) is 1.07. The number of hydrogen-bond donors (Lipinski definition) is 0. The van der Waals surface area contributed by atoms with Crippen LogP contribution >= 0.6 is 0 Å². The summed E-state index contributed by atoms with van der Waals surface area (Å²) in [5, 5.41) is 0. The standard InChI is InChI=1S/C8H18O3/c1-7(10-4)6-11-8(2)5-9-3/h7-8H,5-6H2,1-4H3/t7-,8-/m0/s1. The maximum atomic E-state index is 5.39. The highest BCUT2D eigenvalue weighted by atomic mass is 16.5. The van der Waals surface area contributed by atoms with Crippen molar-refractivity contribution >= 4 is 0 Å². The van der Waals surface area contributed by atoms with Crippen molar-refractivity contribution in [3.63, 3.8) is 0 Å². The van der Waals surface area contributed by atoms with Gasteiger partial charge >= 0.3 is 0 Å². The van der Waals surface area contributed by atoms with Gasteiger partial charge in [0.05, 0.1) is 25.4 Å². The summed E-state index contributed by atoms with van der Waals surface area (Å²) in [5.74, 6) is 0. The van der Waals surface area contributed by atoms with Crippen LogP contribution in [-0.4, -0.2) is 39.6 Å². The van der Waals surface area contributed by atoms with Crippen molar-refractivity contribution in [1.82, 2.24) is 0 Å². The van der Waals surface area contributed by atoms with Crippen molar-refractivity contribution < 1.29 is 14.2 Å². The average Bonchev–Trinajstić information content (AvgIpc) is 2.01. The Labute approximate surface area is 68.6 Å². The second-order valence-corrected chi connectivity index (χ2v) is 2.65. The smallest absolute Gasteiger partial charge is 0.0781 e. The van der Waals surface area contributed by atoms with Crippen LogP contribution in [0.3, 0.4) is 0 Å². The Bertz CT molecular complexity index is 85.4. The summed E-state index contributed by atoms with van der Waals surface area (Å²) in [6.45, 7) is 5.21. The van der Waals surface area contributed by atoms with Gasteiger partial charge < -0.3 is 14.2 Å². The van der Waals surface area contributed by atoms with E-state index in [1.807, 2.05) is 13.8 Å². The number of hydrogen-bond acceptors (Lipinski definition) is 3. The summed E-state index contributed by atoms with van der Waals surface area (Å²) in [7, 11) is 3.34. The Morgan fingerprint density at radius 3 is 2.09 bits per heavy atom. The topological polar surface area (TPSA) is 27.7 Å². The molecule has 68 valence electrons. The van der Waals surface area contributed by atoms with Crippen molar-refractivity contribution in [2.45, 2.75) is 26.1 Å². The summed E-state index contributed by atoms with van der Waals surface area (Å²) >= 11 is 0. The zero-order chi connectivity index (χ0) is 8.69. The molecule has 0 radical (unpaired) electrons. The van der Waals surface area contributed by atoms with E-state index in [2.05, 4.69) is 0 Å². The van der Waals surface area contributed by atoms with E-state index in [1.54, 1.807) is 14.2 Å². The van der Waals surface area contributed by atoms with Gasteiger partial charge in [-0.15, -0.1) is 0 Å². The van der Waals surface area contributed by atoms with Gasteiger partial charge in [0.1, 0.15) is 0 Å². The number of ether oxygens (including phenoxy) is 3. The van der Waals surface area contributed by atoms with Crippen LogP contribution < -0.4 is 0 Å². The van der Waals surface area contributed by atoms with Crippen molar-refractivity contribution in [2.75, 3.05) is 27.4 Å². The van der Waals surface area contributed by atoms with Crippen molar-refractivity contribution in [1.29, 1.82) is 0 Å². The molecular formula is C8H18O3. The summed E-state index contributed by atoms with van der Waals surface area (Å²) < 4.78 is 15.3. The van der Waals surface area contributed by atoms with Crippen molar-refractivity contribution in [3.8, 4) is 0 Å². The fourth-order valence-electron chi connectivity index (χ4n) is 0.651. The van der Waals surface area contributed by atoms with E-state index in [0.717, 1.165) is 0 Å². The Kier molecular flexibility index (Phi) is 6.51. The molecule has 0 aromatic carbocycles. The first-order chi connectivity index (χ1) is 5.20.